The number of phenols is 2. The first-order chi connectivity index (χ1) is 5.15. The van der Waals surface area contributed by atoms with Crippen LogP contribution in [-0.2, 0) is 6.42 Å². The lowest BCUT2D eigenvalue weighted by Crippen LogP contribution is -1.81. The van der Waals surface area contributed by atoms with E-state index in [1.54, 1.807) is 6.07 Å². The minimum Gasteiger partial charge on any atom is -0.508 e. The Morgan fingerprint density at radius 1 is 1.36 bits per heavy atom. The smallest absolute Gasteiger partial charge is 0.133 e. The lowest BCUT2D eigenvalue weighted by molar-refractivity contribution is 0.451. The standard InChI is InChI=1S/C8H9BrO2/c1-2-5-3-6(10)4-7(9)8(5)11/h3-4,10-11H,2H2,1H3. The summed E-state index contributed by atoms with van der Waals surface area (Å²) in [6.45, 7) is 1.92. The molecule has 0 heterocycles. The monoisotopic (exact) mass is 216 g/mol. The second kappa shape index (κ2) is 3.13. The largest absolute Gasteiger partial charge is 0.508 e. The molecule has 0 spiro atoms. The van der Waals surface area contributed by atoms with E-state index >= 15 is 0 Å². The highest BCUT2D eigenvalue weighted by Gasteiger charge is 2.04. The van der Waals surface area contributed by atoms with Gasteiger partial charge in [-0.05, 0) is 40.0 Å². The fraction of sp³-hybridized carbons (Fsp3) is 0.250. The number of hydrogen-bond donors (Lipinski definition) is 2. The number of aryl methyl sites for hydroxylation is 1. The molecule has 2 nitrogen and oxygen atoms in total. The molecule has 1 rings (SSSR count). The van der Waals surface area contributed by atoms with E-state index in [-0.39, 0.29) is 11.5 Å². The van der Waals surface area contributed by atoms with E-state index < -0.39 is 0 Å². The molecule has 0 aliphatic rings. The van der Waals surface area contributed by atoms with Gasteiger partial charge in [0.1, 0.15) is 11.5 Å². The molecule has 0 saturated carbocycles. The van der Waals surface area contributed by atoms with Gasteiger partial charge in [-0.25, -0.2) is 0 Å². The molecular formula is C8H9BrO2. The molecule has 60 valence electrons. The van der Waals surface area contributed by atoms with Gasteiger partial charge in [0.2, 0.25) is 0 Å². The Kier molecular flexibility index (Phi) is 2.39. The van der Waals surface area contributed by atoms with Crippen LogP contribution in [0.15, 0.2) is 16.6 Å². The predicted octanol–water partition coefficient (Wildman–Crippen LogP) is 2.42. The van der Waals surface area contributed by atoms with Crippen LogP contribution in [0.1, 0.15) is 12.5 Å². The molecule has 1 aromatic rings. The van der Waals surface area contributed by atoms with Crippen LogP contribution in [0.5, 0.6) is 11.5 Å². The Balaban J connectivity index is 3.24. The van der Waals surface area contributed by atoms with Crippen molar-refractivity contribution in [3.05, 3.63) is 22.2 Å². The van der Waals surface area contributed by atoms with E-state index in [1.165, 1.54) is 6.07 Å². The lowest BCUT2D eigenvalue weighted by Gasteiger charge is -2.03. The zero-order valence-electron chi connectivity index (χ0n) is 6.13. The van der Waals surface area contributed by atoms with E-state index in [0.717, 1.165) is 5.56 Å². The van der Waals surface area contributed by atoms with E-state index in [1.807, 2.05) is 6.92 Å². The van der Waals surface area contributed by atoms with E-state index in [0.29, 0.717) is 10.9 Å². The fourth-order valence-electron chi connectivity index (χ4n) is 0.910. The van der Waals surface area contributed by atoms with Crippen LogP contribution >= 0.6 is 15.9 Å². The summed E-state index contributed by atoms with van der Waals surface area (Å²) < 4.78 is 0.536. The summed E-state index contributed by atoms with van der Waals surface area (Å²) in [6, 6.07) is 3.02. The molecule has 0 atom stereocenters. The first-order valence-electron chi connectivity index (χ1n) is 3.35. The summed E-state index contributed by atoms with van der Waals surface area (Å²) in [6.07, 6.45) is 0.707. The highest BCUT2D eigenvalue weighted by atomic mass is 79.9. The van der Waals surface area contributed by atoms with E-state index in [2.05, 4.69) is 15.9 Å². The minimum atomic E-state index is 0.173. The molecule has 0 bridgehead atoms. The first-order valence-corrected chi connectivity index (χ1v) is 4.14. The fourth-order valence-corrected chi connectivity index (χ4v) is 1.40. The van der Waals surface area contributed by atoms with Crippen molar-refractivity contribution >= 4 is 15.9 Å². The quantitative estimate of drug-likeness (QED) is 0.709. The number of rotatable bonds is 1. The Bertz CT molecular complexity index is 271. The third-order valence-electron chi connectivity index (χ3n) is 1.51. The molecule has 0 aliphatic carbocycles. The number of benzene rings is 1. The summed E-state index contributed by atoms with van der Waals surface area (Å²) in [5.41, 5.74) is 0.747. The second-order valence-electron chi connectivity index (χ2n) is 2.29. The third-order valence-corrected chi connectivity index (χ3v) is 2.11. The molecule has 0 radical (unpaired) electrons. The minimum absolute atomic E-state index is 0.173. The maximum absolute atomic E-state index is 9.36. The van der Waals surface area contributed by atoms with Crippen LogP contribution in [0.3, 0.4) is 0 Å². The van der Waals surface area contributed by atoms with Gasteiger partial charge in [-0.2, -0.15) is 0 Å². The molecule has 11 heavy (non-hydrogen) atoms. The predicted molar refractivity (Wildman–Crippen MR) is 46.8 cm³/mol. The van der Waals surface area contributed by atoms with Gasteiger partial charge in [0.25, 0.3) is 0 Å². The topological polar surface area (TPSA) is 40.5 Å². The average Bonchev–Trinajstić information content (AvgIpc) is 1.96. The van der Waals surface area contributed by atoms with Gasteiger partial charge in [0.15, 0.2) is 0 Å². The Morgan fingerprint density at radius 2 is 2.00 bits per heavy atom. The molecule has 0 aliphatic heterocycles. The van der Waals surface area contributed by atoms with E-state index in [9.17, 15) is 5.11 Å². The number of phenolic OH excluding ortho intramolecular Hbond substituents is 2. The van der Waals surface area contributed by atoms with Gasteiger partial charge in [-0.15, -0.1) is 0 Å². The molecular weight excluding hydrogens is 208 g/mol. The first kappa shape index (κ1) is 8.40. The van der Waals surface area contributed by atoms with Crippen molar-refractivity contribution in [1.82, 2.24) is 0 Å². The van der Waals surface area contributed by atoms with Crippen LogP contribution in [0, 0.1) is 0 Å². The zero-order valence-corrected chi connectivity index (χ0v) is 7.72. The van der Waals surface area contributed by atoms with Crippen molar-refractivity contribution in [2.24, 2.45) is 0 Å². The SMILES string of the molecule is CCc1cc(O)cc(Br)c1O. The third kappa shape index (κ3) is 1.66. The highest BCUT2D eigenvalue weighted by Crippen LogP contribution is 2.32. The summed E-state index contributed by atoms with van der Waals surface area (Å²) in [4.78, 5) is 0. The Labute approximate surface area is 73.6 Å². The lowest BCUT2D eigenvalue weighted by atomic mass is 10.1. The number of halogens is 1. The van der Waals surface area contributed by atoms with Crippen molar-refractivity contribution in [1.29, 1.82) is 0 Å². The van der Waals surface area contributed by atoms with Crippen LogP contribution in [0.2, 0.25) is 0 Å². The maximum Gasteiger partial charge on any atom is 0.133 e. The molecule has 0 fully saturated rings. The van der Waals surface area contributed by atoms with Gasteiger partial charge in [0, 0.05) is 0 Å². The number of hydrogen-bond acceptors (Lipinski definition) is 2. The zero-order chi connectivity index (χ0) is 8.43. The van der Waals surface area contributed by atoms with Crippen LogP contribution in [-0.4, -0.2) is 10.2 Å². The van der Waals surface area contributed by atoms with Crippen molar-refractivity contribution in [2.75, 3.05) is 0 Å². The summed E-state index contributed by atoms with van der Waals surface area (Å²) in [5.74, 6) is 0.386. The van der Waals surface area contributed by atoms with Crippen molar-refractivity contribution < 1.29 is 10.2 Å². The van der Waals surface area contributed by atoms with Crippen molar-refractivity contribution in [3.8, 4) is 11.5 Å². The molecule has 0 saturated heterocycles. The summed E-state index contributed by atoms with van der Waals surface area (Å²) >= 11 is 3.13. The molecule has 0 amide bonds. The van der Waals surface area contributed by atoms with Crippen molar-refractivity contribution in [3.63, 3.8) is 0 Å². The molecule has 0 unspecified atom stereocenters. The maximum atomic E-state index is 9.36. The van der Waals surface area contributed by atoms with E-state index in [4.69, 9.17) is 5.11 Å². The highest BCUT2D eigenvalue weighted by molar-refractivity contribution is 9.10. The molecule has 2 N–H and O–H groups in total. The average molecular weight is 217 g/mol. The van der Waals surface area contributed by atoms with Crippen LogP contribution < -0.4 is 0 Å². The number of aromatic hydroxyl groups is 2. The van der Waals surface area contributed by atoms with Gasteiger partial charge < -0.3 is 10.2 Å². The van der Waals surface area contributed by atoms with Gasteiger partial charge in [-0.3, -0.25) is 0 Å². The van der Waals surface area contributed by atoms with Crippen molar-refractivity contribution in [2.45, 2.75) is 13.3 Å². The Hall–Kier alpha value is -0.700. The second-order valence-corrected chi connectivity index (χ2v) is 3.14. The summed E-state index contributed by atoms with van der Waals surface area (Å²) in [7, 11) is 0. The normalized spacial score (nSPS) is 10.0. The van der Waals surface area contributed by atoms with Crippen LogP contribution in [0.25, 0.3) is 0 Å². The molecule has 1 aromatic carbocycles. The van der Waals surface area contributed by atoms with Gasteiger partial charge in [-0.1, -0.05) is 6.92 Å². The summed E-state index contributed by atoms with van der Waals surface area (Å²) in [5, 5.41) is 18.5. The van der Waals surface area contributed by atoms with Gasteiger partial charge in [0.05, 0.1) is 4.47 Å². The van der Waals surface area contributed by atoms with Gasteiger partial charge >= 0.3 is 0 Å². The Morgan fingerprint density at radius 3 is 2.55 bits per heavy atom. The molecule has 0 aromatic heterocycles. The van der Waals surface area contributed by atoms with Crippen LogP contribution in [0.4, 0.5) is 0 Å². The molecule has 3 heteroatoms.